The van der Waals surface area contributed by atoms with Crippen LogP contribution in [0.5, 0.6) is 5.75 Å². The van der Waals surface area contributed by atoms with Crippen molar-refractivity contribution in [2.45, 2.75) is 19.4 Å². The van der Waals surface area contributed by atoms with Gasteiger partial charge in [0.2, 0.25) is 5.91 Å². The van der Waals surface area contributed by atoms with Crippen molar-refractivity contribution in [1.29, 1.82) is 0 Å². The average molecular weight is 376 g/mol. The van der Waals surface area contributed by atoms with Crippen LogP contribution in [0.25, 0.3) is 16.7 Å². The summed E-state index contributed by atoms with van der Waals surface area (Å²) in [4.78, 5) is 16.5. The van der Waals surface area contributed by atoms with Gasteiger partial charge in [0.1, 0.15) is 24.0 Å². The molecule has 4 aromatic rings. The number of nitrogens with zero attached hydrogens (tertiary/aromatic N) is 3. The minimum atomic E-state index is -0.115. The van der Waals surface area contributed by atoms with E-state index in [1.165, 1.54) is 6.33 Å². The van der Waals surface area contributed by atoms with Crippen molar-refractivity contribution < 1.29 is 13.9 Å². The van der Waals surface area contributed by atoms with Crippen molar-refractivity contribution in [3.8, 4) is 11.4 Å². The summed E-state index contributed by atoms with van der Waals surface area (Å²) < 4.78 is 12.4. The molecule has 1 amide bonds. The highest BCUT2D eigenvalue weighted by Gasteiger charge is 2.14. The van der Waals surface area contributed by atoms with Gasteiger partial charge in [0.05, 0.1) is 31.5 Å². The number of fused-ring (bicyclic) bond motifs is 1. The number of hydrogen-bond donors (Lipinski definition) is 1. The van der Waals surface area contributed by atoms with Crippen LogP contribution >= 0.6 is 0 Å². The first-order valence-corrected chi connectivity index (χ1v) is 8.92. The Labute approximate surface area is 161 Å². The van der Waals surface area contributed by atoms with Crippen LogP contribution in [-0.4, -0.2) is 27.8 Å². The molecule has 142 valence electrons. The number of furan rings is 1. The number of benzene rings is 2. The second kappa shape index (κ2) is 7.56. The Morgan fingerprint density at radius 2 is 2.07 bits per heavy atom. The third kappa shape index (κ3) is 3.59. The number of methoxy groups -OCH3 is 1. The van der Waals surface area contributed by atoms with Crippen LogP contribution in [0.15, 0.2) is 65.8 Å². The van der Waals surface area contributed by atoms with E-state index in [4.69, 9.17) is 9.15 Å². The number of hydrogen-bond acceptors (Lipinski definition) is 5. The summed E-state index contributed by atoms with van der Waals surface area (Å²) >= 11 is 0. The second-order valence-electron chi connectivity index (χ2n) is 6.52. The summed E-state index contributed by atoms with van der Waals surface area (Å²) in [5, 5.41) is 8.06. The molecule has 2 aromatic heterocycles. The largest absolute Gasteiger partial charge is 0.497 e. The molecule has 0 spiro atoms. The van der Waals surface area contributed by atoms with Gasteiger partial charge < -0.3 is 14.5 Å². The first-order valence-electron chi connectivity index (χ1n) is 8.92. The van der Waals surface area contributed by atoms with Crippen molar-refractivity contribution in [2.24, 2.45) is 0 Å². The lowest BCUT2D eigenvalue weighted by molar-refractivity contribution is -0.121. The highest BCUT2D eigenvalue weighted by molar-refractivity contribution is 5.88. The fourth-order valence-corrected chi connectivity index (χ4v) is 3.13. The van der Waals surface area contributed by atoms with Crippen molar-refractivity contribution in [3.05, 3.63) is 72.5 Å². The Hall–Kier alpha value is -3.61. The van der Waals surface area contributed by atoms with E-state index in [2.05, 4.69) is 15.4 Å². The summed E-state index contributed by atoms with van der Waals surface area (Å²) in [6.07, 6.45) is 5.01. The highest BCUT2D eigenvalue weighted by Crippen LogP contribution is 2.26. The summed E-state index contributed by atoms with van der Waals surface area (Å²) in [5.74, 6) is 0.659. The maximum atomic E-state index is 12.5. The number of ether oxygens (including phenoxy) is 1. The smallest absolute Gasteiger partial charge is 0.225 e. The fraction of sp³-hybridized carbons (Fsp3) is 0.190. The number of amides is 1. The zero-order valence-corrected chi connectivity index (χ0v) is 15.6. The molecule has 28 heavy (non-hydrogen) atoms. The van der Waals surface area contributed by atoms with E-state index in [1.807, 2.05) is 49.4 Å². The number of aromatic nitrogens is 3. The van der Waals surface area contributed by atoms with Gasteiger partial charge in [-0.2, -0.15) is 5.10 Å². The van der Waals surface area contributed by atoms with Crippen molar-refractivity contribution in [3.63, 3.8) is 0 Å². The molecule has 0 radical (unpaired) electrons. The van der Waals surface area contributed by atoms with Gasteiger partial charge in [-0.05, 0) is 36.8 Å². The third-order valence-corrected chi connectivity index (χ3v) is 4.67. The lowest BCUT2D eigenvalue weighted by Crippen LogP contribution is -2.28. The molecule has 0 aliphatic heterocycles. The first kappa shape index (κ1) is 17.8. The number of carbonyl (C=O) groups excluding carboxylic acids is 1. The molecule has 0 fully saturated rings. The van der Waals surface area contributed by atoms with E-state index in [0.717, 1.165) is 28.0 Å². The molecular formula is C21H20N4O3. The normalized spacial score (nSPS) is 12.1. The Bertz CT molecular complexity index is 1080. The number of nitrogens with one attached hydrogen (secondary N) is 1. The Morgan fingerprint density at radius 3 is 2.79 bits per heavy atom. The maximum Gasteiger partial charge on any atom is 0.225 e. The van der Waals surface area contributed by atoms with Gasteiger partial charge >= 0.3 is 0 Å². The molecule has 1 unspecified atom stereocenters. The molecule has 0 aliphatic carbocycles. The standard InChI is InChI=1S/C21H20N4O3/c1-14(15-3-5-17(6-4-15)25-13-22-12-23-25)24-21(26)9-16-11-28-20-10-18(27-2)7-8-19(16)20/h3-8,10-14H,9H2,1-2H3,(H,24,26). The number of rotatable bonds is 6. The fourth-order valence-electron chi connectivity index (χ4n) is 3.13. The van der Waals surface area contributed by atoms with Crippen molar-refractivity contribution in [2.75, 3.05) is 7.11 Å². The SMILES string of the molecule is COc1ccc2c(CC(=O)NC(C)c3ccc(-n4cncn4)cc3)coc2c1. The van der Waals surface area contributed by atoms with Gasteiger partial charge in [0.25, 0.3) is 0 Å². The van der Waals surface area contributed by atoms with Crippen LogP contribution in [0, 0.1) is 0 Å². The van der Waals surface area contributed by atoms with Crippen molar-refractivity contribution in [1.82, 2.24) is 20.1 Å². The minimum absolute atomic E-state index is 0.0635. The van der Waals surface area contributed by atoms with Gasteiger partial charge in [-0.1, -0.05) is 12.1 Å². The molecule has 2 aromatic carbocycles. The Balaban J connectivity index is 1.42. The topological polar surface area (TPSA) is 82.2 Å². The van der Waals surface area contributed by atoms with E-state index >= 15 is 0 Å². The first-order chi connectivity index (χ1) is 13.6. The van der Waals surface area contributed by atoms with E-state index < -0.39 is 0 Å². The van der Waals surface area contributed by atoms with E-state index in [1.54, 1.807) is 24.4 Å². The molecule has 0 aliphatic rings. The Morgan fingerprint density at radius 1 is 1.25 bits per heavy atom. The maximum absolute atomic E-state index is 12.5. The van der Waals surface area contributed by atoms with Crippen LogP contribution in [0.3, 0.4) is 0 Å². The van der Waals surface area contributed by atoms with E-state index in [0.29, 0.717) is 5.58 Å². The summed E-state index contributed by atoms with van der Waals surface area (Å²) in [7, 11) is 1.61. The predicted octanol–water partition coefficient (Wildman–Crippen LogP) is 3.44. The molecule has 1 atom stereocenters. The zero-order chi connectivity index (χ0) is 19.5. The Kier molecular flexibility index (Phi) is 4.80. The highest BCUT2D eigenvalue weighted by atomic mass is 16.5. The summed E-state index contributed by atoms with van der Waals surface area (Å²) in [6, 6.07) is 13.3. The second-order valence-corrected chi connectivity index (χ2v) is 6.52. The zero-order valence-electron chi connectivity index (χ0n) is 15.6. The predicted molar refractivity (Wildman–Crippen MR) is 104 cm³/mol. The van der Waals surface area contributed by atoms with Crippen LogP contribution in [0.1, 0.15) is 24.1 Å². The molecule has 7 nitrogen and oxygen atoms in total. The van der Waals surface area contributed by atoms with Crippen LogP contribution in [0.2, 0.25) is 0 Å². The summed E-state index contributed by atoms with van der Waals surface area (Å²) in [5.41, 5.74) is 3.49. The molecule has 1 N–H and O–H groups in total. The van der Waals surface area contributed by atoms with Gasteiger partial charge in [-0.25, -0.2) is 9.67 Å². The van der Waals surface area contributed by atoms with Crippen molar-refractivity contribution >= 4 is 16.9 Å². The minimum Gasteiger partial charge on any atom is -0.497 e. The molecule has 0 saturated carbocycles. The summed E-state index contributed by atoms with van der Waals surface area (Å²) in [6.45, 7) is 1.96. The molecule has 0 saturated heterocycles. The van der Waals surface area contributed by atoms with E-state index in [-0.39, 0.29) is 18.4 Å². The van der Waals surface area contributed by atoms with Gasteiger partial charge in [-0.15, -0.1) is 0 Å². The van der Waals surface area contributed by atoms with Crippen LogP contribution in [0.4, 0.5) is 0 Å². The van der Waals surface area contributed by atoms with Crippen LogP contribution in [-0.2, 0) is 11.2 Å². The monoisotopic (exact) mass is 376 g/mol. The van der Waals surface area contributed by atoms with Crippen LogP contribution < -0.4 is 10.1 Å². The molecule has 2 heterocycles. The lowest BCUT2D eigenvalue weighted by atomic mass is 10.1. The average Bonchev–Trinajstić information content (AvgIpc) is 3.38. The van der Waals surface area contributed by atoms with Gasteiger partial charge in [0, 0.05) is 17.0 Å². The molecule has 4 rings (SSSR count). The quantitative estimate of drug-likeness (QED) is 0.557. The number of carbonyl (C=O) groups is 1. The van der Waals surface area contributed by atoms with E-state index in [9.17, 15) is 4.79 Å². The third-order valence-electron chi connectivity index (χ3n) is 4.67. The molecule has 7 heteroatoms. The van der Waals surface area contributed by atoms with Gasteiger partial charge in [0.15, 0.2) is 0 Å². The van der Waals surface area contributed by atoms with Gasteiger partial charge in [-0.3, -0.25) is 4.79 Å². The molecular weight excluding hydrogens is 356 g/mol. The lowest BCUT2D eigenvalue weighted by Gasteiger charge is -2.14. The molecule has 0 bridgehead atoms.